The molecule has 3 aromatic rings. The van der Waals surface area contributed by atoms with E-state index in [-0.39, 0.29) is 30.7 Å². The summed E-state index contributed by atoms with van der Waals surface area (Å²) < 4.78 is 7.41. The zero-order valence-corrected chi connectivity index (χ0v) is 16.5. The van der Waals surface area contributed by atoms with E-state index in [0.717, 1.165) is 11.1 Å². The zero-order chi connectivity index (χ0) is 20.8. The molecule has 1 N–H and O–H groups in total. The number of aromatic carboxylic acids is 1. The van der Waals surface area contributed by atoms with Gasteiger partial charge in [-0.1, -0.05) is 48.5 Å². The molecule has 1 aliphatic carbocycles. The molecule has 1 aromatic heterocycles. The molecule has 1 unspecified atom stereocenters. The standard InChI is InChI=1S/C23H21N3O4/c1-14-11-26-21(19(10-24-26)22(27)28)12-25(14)23(29)30-13-20-17-8-4-2-6-15(17)16-7-3-5-9-18(16)20/h2-10,14,20H,11-13H2,1H3,(H,27,28). The molecule has 1 atom stereocenters. The maximum absolute atomic E-state index is 12.9. The van der Waals surface area contributed by atoms with E-state index < -0.39 is 12.1 Å². The number of carboxylic acids is 1. The van der Waals surface area contributed by atoms with Crippen LogP contribution in [0.4, 0.5) is 4.79 Å². The molecule has 7 heteroatoms. The Hall–Kier alpha value is -3.61. The number of carbonyl (C=O) groups is 2. The van der Waals surface area contributed by atoms with Crippen LogP contribution < -0.4 is 0 Å². The van der Waals surface area contributed by atoms with Gasteiger partial charge in [0.2, 0.25) is 0 Å². The molecule has 0 spiro atoms. The molecule has 0 fully saturated rings. The van der Waals surface area contributed by atoms with E-state index in [1.165, 1.54) is 17.3 Å². The van der Waals surface area contributed by atoms with E-state index in [9.17, 15) is 14.7 Å². The topological polar surface area (TPSA) is 84.7 Å². The number of hydrogen-bond donors (Lipinski definition) is 1. The lowest BCUT2D eigenvalue weighted by molar-refractivity contribution is 0.0648. The summed E-state index contributed by atoms with van der Waals surface area (Å²) in [5, 5.41) is 13.5. The largest absolute Gasteiger partial charge is 0.478 e. The van der Waals surface area contributed by atoms with Gasteiger partial charge in [0.25, 0.3) is 0 Å². The van der Waals surface area contributed by atoms with Gasteiger partial charge < -0.3 is 9.84 Å². The highest BCUT2D eigenvalue weighted by atomic mass is 16.6. The van der Waals surface area contributed by atoms with Gasteiger partial charge >= 0.3 is 12.1 Å². The van der Waals surface area contributed by atoms with Gasteiger partial charge in [-0.3, -0.25) is 9.58 Å². The summed E-state index contributed by atoms with van der Waals surface area (Å²) in [5.74, 6) is -1.06. The van der Waals surface area contributed by atoms with Crippen LogP contribution in [0, 0.1) is 0 Å². The molecule has 0 radical (unpaired) electrons. The second-order valence-electron chi connectivity index (χ2n) is 7.77. The predicted molar refractivity (Wildman–Crippen MR) is 109 cm³/mol. The SMILES string of the molecule is CC1Cn2ncc(C(=O)O)c2CN1C(=O)OCC1c2ccccc2-c2ccccc21. The van der Waals surface area contributed by atoms with Gasteiger partial charge in [-0.15, -0.1) is 0 Å². The third-order valence-corrected chi connectivity index (χ3v) is 6.04. The summed E-state index contributed by atoms with van der Waals surface area (Å²) in [5.41, 5.74) is 5.31. The van der Waals surface area contributed by atoms with Crippen molar-refractivity contribution < 1.29 is 19.4 Å². The van der Waals surface area contributed by atoms with Crippen LogP contribution >= 0.6 is 0 Å². The molecule has 2 aliphatic rings. The van der Waals surface area contributed by atoms with E-state index in [0.29, 0.717) is 12.2 Å². The normalized spacial score (nSPS) is 17.2. The van der Waals surface area contributed by atoms with Crippen molar-refractivity contribution in [2.45, 2.75) is 32.0 Å². The van der Waals surface area contributed by atoms with Crippen LogP contribution in [0.5, 0.6) is 0 Å². The minimum atomic E-state index is -1.04. The molecule has 30 heavy (non-hydrogen) atoms. The Kier molecular flexibility index (Phi) is 4.31. The van der Waals surface area contributed by atoms with Crippen molar-refractivity contribution in [2.24, 2.45) is 0 Å². The molecule has 1 amide bonds. The van der Waals surface area contributed by atoms with Crippen molar-refractivity contribution in [1.82, 2.24) is 14.7 Å². The van der Waals surface area contributed by atoms with Gasteiger partial charge in [-0.2, -0.15) is 5.10 Å². The third-order valence-electron chi connectivity index (χ3n) is 6.04. The maximum atomic E-state index is 12.9. The van der Waals surface area contributed by atoms with Crippen LogP contribution in [0.2, 0.25) is 0 Å². The van der Waals surface area contributed by atoms with Gasteiger partial charge in [-0.25, -0.2) is 9.59 Å². The van der Waals surface area contributed by atoms with E-state index in [4.69, 9.17) is 4.74 Å². The average molecular weight is 403 g/mol. The Morgan fingerprint density at radius 1 is 1.10 bits per heavy atom. The Morgan fingerprint density at radius 3 is 2.37 bits per heavy atom. The Morgan fingerprint density at radius 2 is 1.73 bits per heavy atom. The van der Waals surface area contributed by atoms with Crippen molar-refractivity contribution >= 4 is 12.1 Å². The van der Waals surface area contributed by atoms with Crippen LogP contribution in [0.15, 0.2) is 54.7 Å². The molecule has 0 bridgehead atoms. The summed E-state index contributed by atoms with van der Waals surface area (Å²) in [4.78, 5) is 25.9. The number of carbonyl (C=O) groups excluding carboxylic acids is 1. The minimum absolute atomic E-state index is 0.0124. The Balaban J connectivity index is 1.35. The number of aromatic nitrogens is 2. The molecule has 2 heterocycles. The highest BCUT2D eigenvalue weighted by Gasteiger charge is 2.34. The predicted octanol–water partition coefficient (Wildman–Crippen LogP) is 3.73. The molecule has 0 saturated carbocycles. The Labute approximate surface area is 173 Å². The zero-order valence-electron chi connectivity index (χ0n) is 16.5. The fraction of sp³-hybridized carbons (Fsp3) is 0.261. The highest BCUT2D eigenvalue weighted by molar-refractivity contribution is 5.88. The number of fused-ring (bicyclic) bond motifs is 4. The number of benzene rings is 2. The lowest BCUT2D eigenvalue weighted by atomic mass is 9.98. The quantitative estimate of drug-likeness (QED) is 0.720. The molecule has 2 aromatic carbocycles. The van der Waals surface area contributed by atoms with E-state index in [2.05, 4.69) is 29.4 Å². The smallest absolute Gasteiger partial charge is 0.410 e. The van der Waals surface area contributed by atoms with Gasteiger partial charge in [0.1, 0.15) is 12.2 Å². The monoisotopic (exact) mass is 403 g/mol. The number of rotatable bonds is 3. The summed E-state index contributed by atoms with van der Waals surface area (Å²) in [6.45, 7) is 2.75. The number of ether oxygens (including phenoxy) is 1. The van der Waals surface area contributed by atoms with Crippen LogP contribution in [0.3, 0.4) is 0 Å². The number of carboxylic acid groups (broad SMARTS) is 1. The molecule has 1 aliphatic heterocycles. The maximum Gasteiger partial charge on any atom is 0.410 e. The van der Waals surface area contributed by atoms with E-state index in [1.54, 1.807) is 9.58 Å². The summed E-state index contributed by atoms with van der Waals surface area (Å²) in [6.07, 6.45) is 0.902. The van der Waals surface area contributed by atoms with Gasteiger partial charge in [0.15, 0.2) is 0 Å². The van der Waals surface area contributed by atoms with Crippen LogP contribution in [0.1, 0.15) is 40.0 Å². The second kappa shape index (κ2) is 7.02. The van der Waals surface area contributed by atoms with Gasteiger partial charge in [-0.05, 0) is 29.2 Å². The summed E-state index contributed by atoms with van der Waals surface area (Å²) in [6, 6.07) is 16.2. The fourth-order valence-electron chi connectivity index (χ4n) is 4.50. The van der Waals surface area contributed by atoms with E-state index >= 15 is 0 Å². The first-order valence-corrected chi connectivity index (χ1v) is 9.94. The molecule has 7 nitrogen and oxygen atoms in total. The second-order valence-corrected chi connectivity index (χ2v) is 7.77. The third kappa shape index (κ3) is 2.85. The number of nitrogens with zero attached hydrogens (tertiary/aromatic N) is 3. The number of amides is 1. The van der Waals surface area contributed by atoms with Crippen LogP contribution in [-0.2, 0) is 17.8 Å². The van der Waals surface area contributed by atoms with Crippen LogP contribution in [0.25, 0.3) is 11.1 Å². The lowest BCUT2D eigenvalue weighted by Crippen LogP contribution is -2.45. The van der Waals surface area contributed by atoms with E-state index in [1.807, 2.05) is 31.2 Å². The first-order chi connectivity index (χ1) is 14.5. The summed E-state index contributed by atoms with van der Waals surface area (Å²) in [7, 11) is 0. The first-order valence-electron chi connectivity index (χ1n) is 9.94. The lowest BCUT2D eigenvalue weighted by Gasteiger charge is -2.33. The fourth-order valence-corrected chi connectivity index (χ4v) is 4.50. The molecular weight excluding hydrogens is 382 g/mol. The van der Waals surface area contributed by atoms with Crippen molar-refractivity contribution in [3.63, 3.8) is 0 Å². The van der Waals surface area contributed by atoms with Gasteiger partial charge in [0, 0.05) is 5.92 Å². The molecule has 5 rings (SSSR count). The molecular formula is C23H21N3O4. The van der Waals surface area contributed by atoms with Gasteiger partial charge in [0.05, 0.1) is 31.0 Å². The first kappa shape index (κ1) is 18.4. The van der Waals surface area contributed by atoms with Crippen molar-refractivity contribution in [1.29, 1.82) is 0 Å². The molecule has 0 saturated heterocycles. The van der Waals surface area contributed by atoms with Crippen LogP contribution in [-0.4, -0.2) is 44.5 Å². The van der Waals surface area contributed by atoms with Crippen molar-refractivity contribution in [3.8, 4) is 11.1 Å². The minimum Gasteiger partial charge on any atom is -0.478 e. The average Bonchev–Trinajstić information content (AvgIpc) is 3.30. The Bertz CT molecular complexity index is 1110. The number of hydrogen-bond acceptors (Lipinski definition) is 4. The van der Waals surface area contributed by atoms with Crippen molar-refractivity contribution in [2.75, 3.05) is 6.61 Å². The molecule has 152 valence electrons. The van der Waals surface area contributed by atoms with Crippen molar-refractivity contribution in [3.05, 3.63) is 77.1 Å². The highest BCUT2D eigenvalue weighted by Crippen LogP contribution is 2.44. The summed E-state index contributed by atoms with van der Waals surface area (Å²) >= 11 is 0.